The van der Waals surface area contributed by atoms with E-state index in [1.165, 1.54) is 7.05 Å². The van der Waals surface area contributed by atoms with Gasteiger partial charge < -0.3 is 10.6 Å². The van der Waals surface area contributed by atoms with E-state index < -0.39 is 5.91 Å². The Morgan fingerprint density at radius 1 is 1.33 bits per heavy atom. The Balaban J connectivity index is 5.16. The zero-order chi connectivity index (χ0) is 11.8. The van der Waals surface area contributed by atoms with Gasteiger partial charge in [-0.05, 0) is 6.92 Å². The van der Waals surface area contributed by atoms with Gasteiger partial charge >= 0.3 is 0 Å². The van der Waals surface area contributed by atoms with Crippen LogP contribution in [0.5, 0.6) is 0 Å². The lowest BCUT2D eigenvalue weighted by molar-refractivity contribution is -0.114. The topological polar surface area (TPSA) is 65.0 Å². The molecule has 0 fully saturated rings. The largest absolute Gasteiger partial charge is 0.388 e. The van der Waals surface area contributed by atoms with Gasteiger partial charge in [0.15, 0.2) is 0 Å². The van der Waals surface area contributed by atoms with Crippen LogP contribution < -0.4 is 10.6 Å². The molecule has 15 heavy (non-hydrogen) atoms. The third-order valence-corrected chi connectivity index (χ3v) is 1.86. The van der Waals surface area contributed by atoms with Crippen molar-refractivity contribution in [3.05, 3.63) is 36.1 Å². The summed E-state index contributed by atoms with van der Waals surface area (Å²) in [4.78, 5) is 11.3. The van der Waals surface area contributed by atoms with Crippen LogP contribution in [0.4, 0.5) is 0 Å². The Labute approximate surface area is 90.3 Å². The van der Waals surface area contributed by atoms with Gasteiger partial charge in [-0.2, -0.15) is 0 Å². The Kier molecular flexibility index (Phi) is 5.78. The Morgan fingerprint density at radius 3 is 2.27 bits per heavy atom. The Bertz CT molecular complexity index is 327. The molecule has 0 unspecified atom stereocenters. The molecule has 82 valence electrons. The molecule has 0 radical (unpaired) electrons. The van der Waals surface area contributed by atoms with Crippen LogP contribution in [0.15, 0.2) is 36.1 Å². The van der Waals surface area contributed by atoms with Gasteiger partial charge in [0, 0.05) is 25.4 Å². The van der Waals surface area contributed by atoms with E-state index in [1.807, 2.05) is 6.92 Å². The molecule has 0 rings (SSSR count). The first-order chi connectivity index (χ1) is 7.12. The minimum Gasteiger partial charge on any atom is -0.388 e. The number of rotatable bonds is 5. The zero-order valence-corrected chi connectivity index (χ0v) is 9.35. The summed E-state index contributed by atoms with van der Waals surface area (Å²) < 4.78 is 0. The summed E-state index contributed by atoms with van der Waals surface area (Å²) in [6.45, 7) is 5.39. The first-order valence-electron chi connectivity index (χ1n) is 4.60. The molecule has 0 saturated heterocycles. The summed E-state index contributed by atoms with van der Waals surface area (Å²) in [6, 6.07) is 0. The van der Waals surface area contributed by atoms with Crippen molar-refractivity contribution in [2.45, 2.75) is 6.92 Å². The molecule has 4 heteroatoms. The van der Waals surface area contributed by atoms with Crippen LogP contribution >= 0.6 is 0 Å². The SMILES string of the molecule is C=C/C=C(C(=N)C(=O)NC)\C(=C/C)NC. The van der Waals surface area contributed by atoms with E-state index in [9.17, 15) is 4.79 Å². The van der Waals surface area contributed by atoms with E-state index in [0.717, 1.165) is 5.70 Å². The minimum atomic E-state index is -0.419. The molecular formula is C11H17N3O. The van der Waals surface area contributed by atoms with Crippen LogP contribution in [0.3, 0.4) is 0 Å². The van der Waals surface area contributed by atoms with Crippen LogP contribution in [-0.2, 0) is 4.79 Å². The summed E-state index contributed by atoms with van der Waals surface area (Å²) in [5.74, 6) is -0.419. The highest BCUT2D eigenvalue weighted by Crippen LogP contribution is 2.08. The fourth-order valence-electron chi connectivity index (χ4n) is 1.11. The monoisotopic (exact) mass is 207 g/mol. The molecule has 3 N–H and O–H groups in total. The first kappa shape index (κ1) is 13.2. The third-order valence-electron chi connectivity index (χ3n) is 1.86. The fraction of sp³-hybridized carbons (Fsp3) is 0.273. The van der Waals surface area contributed by atoms with Crippen molar-refractivity contribution in [2.24, 2.45) is 0 Å². The lowest BCUT2D eigenvalue weighted by atomic mass is 10.1. The number of allylic oxidation sites excluding steroid dienone is 4. The van der Waals surface area contributed by atoms with Gasteiger partial charge in [-0.25, -0.2) is 0 Å². The predicted octanol–water partition coefficient (Wildman–Crippen LogP) is 0.988. The smallest absolute Gasteiger partial charge is 0.269 e. The van der Waals surface area contributed by atoms with E-state index >= 15 is 0 Å². The van der Waals surface area contributed by atoms with Crippen molar-refractivity contribution in [2.75, 3.05) is 14.1 Å². The second-order valence-corrected chi connectivity index (χ2v) is 2.72. The second kappa shape index (κ2) is 6.59. The van der Waals surface area contributed by atoms with Gasteiger partial charge in [0.05, 0.1) is 0 Å². The summed E-state index contributed by atoms with van der Waals surface area (Å²) in [6.07, 6.45) is 4.98. The van der Waals surface area contributed by atoms with E-state index in [1.54, 1.807) is 25.3 Å². The van der Waals surface area contributed by atoms with Crippen LogP contribution in [0.2, 0.25) is 0 Å². The van der Waals surface area contributed by atoms with Gasteiger partial charge in [-0.1, -0.05) is 24.8 Å². The highest BCUT2D eigenvalue weighted by atomic mass is 16.1. The number of likely N-dealkylation sites (N-methyl/N-ethyl adjacent to an activating group) is 1. The average Bonchev–Trinajstić information content (AvgIpc) is 2.27. The molecule has 0 aromatic rings. The second-order valence-electron chi connectivity index (χ2n) is 2.72. The molecule has 0 saturated carbocycles. The molecule has 0 aromatic heterocycles. The molecule has 1 amide bonds. The standard InChI is InChI=1S/C11H17N3O/c1-5-7-8(9(6-2)13-3)10(12)11(15)14-4/h5-7,12-13H,1H2,2-4H3,(H,14,15)/b8-7+,9-6+,12-10?. The summed E-state index contributed by atoms with van der Waals surface area (Å²) in [7, 11) is 3.24. The summed E-state index contributed by atoms with van der Waals surface area (Å²) in [5, 5.41) is 13.0. The summed E-state index contributed by atoms with van der Waals surface area (Å²) in [5.41, 5.74) is 1.16. The van der Waals surface area contributed by atoms with Crippen molar-refractivity contribution in [3.8, 4) is 0 Å². The molecule has 0 spiro atoms. The molecule has 0 aliphatic heterocycles. The van der Waals surface area contributed by atoms with Crippen LogP contribution in [0.25, 0.3) is 0 Å². The van der Waals surface area contributed by atoms with Crippen molar-refractivity contribution < 1.29 is 4.79 Å². The lowest BCUT2D eigenvalue weighted by Gasteiger charge is -2.11. The number of amides is 1. The molecule has 0 heterocycles. The maximum absolute atomic E-state index is 11.3. The molecule has 0 atom stereocenters. The fourth-order valence-corrected chi connectivity index (χ4v) is 1.11. The number of hydrogen-bond acceptors (Lipinski definition) is 3. The van der Waals surface area contributed by atoms with Gasteiger partial charge in [-0.15, -0.1) is 0 Å². The average molecular weight is 207 g/mol. The van der Waals surface area contributed by atoms with Crippen molar-refractivity contribution in [1.29, 1.82) is 5.41 Å². The van der Waals surface area contributed by atoms with Gasteiger partial charge in [-0.3, -0.25) is 10.2 Å². The molecule has 0 aliphatic rings. The van der Waals surface area contributed by atoms with E-state index in [0.29, 0.717) is 5.57 Å². The third kappa shape index (κ3) is 3.42. The maximum Gasteiger partial charge on any atom is 0.269 e. The molecular weight excluding hydrogens is 190 g/mol. The quantitative estimate of drug-likeness (QED) is 0.465. The summed E-state index contributed by atoms with van der Waals surface area (Å²) >= 11 is 0. The Hall–Kier alpha value is -1.84. The van der Waals surface area contributed by atoms with Crippen LogP contribution in [-0.4, -0.2) is 25.7 Å². The number of carbonyl (C=O) groups excluding carboxylic acids is 1. The molecule has 0 aromatic carbocycles. The van der Waals surface area contributed by atoms with Crippen molar-refractivity contribution in [3.63, 3.8) is 0 Å². The minimum absolute atomic E-state index is 0.0835. The number of carbonyl (C=O) groups is 1. The normalized spacial score (nSPS) is 11.9. The molecule has 0 aliphatic carbocycles. The number of hydrogen-bond donors (Lipinski definition) is 3. The van der Waals surface area contributed by atoms with Crippen molar-refractivity contribution in [1.82, 2.24) is 10.6 Å². The predicted molar refractivity (Wildman–Crippen MR) is 62.9 cm³/mol. The van der Waals surface area contributed by atoms with Gasteiger partial charge in [0.25, 0.3) is 5.91 Å². The highest BCUT2D eigenvalue weighted by Gasteiger charge is 2.14. The van der Waals surface area contributed by atoms with E-state index in [-0.39, 0.29) is 5.71 Å². The lowest BCUT2D eigenvalue weighted by Crippen LogP contribution is -2.30. The highest BCUT2D eigenvalue weighted by molar-refractivity contribution is 6.45. The van der Waals surface area contributed by atoms with Gasteiger partial charge in [0.2, 0.25) is 0 Å². The van der Waals surface area contributed by atoms with Crippen molar-refractivity contribution >= 4 is 11.6 Å². The molecule has 4 nitrogen and oxygen atoms in total. The van der Waals surface area contributed by atoms with E-state index in [2.05, 4.69) is 17.2 Å². The molecule has 0 bridgehead atoms. The first-order valence-corrected chi connectivity index (χ1v) is 4.60. The Morgan fingerprint density at radius 2 is 1.93 bits per heavy atom. The zero-order valence-electron chi connectivity index (χ0n) is 9.35. The van der Waals surface area contributed by atoms with Crippen LogP contribution in [0, 0.1) is 5.41 Å². The van der Waals surface area contributed by atoms with E-state index in [4.69, 9.17) is 5.41 Å². The van der Waals surface area contributed by atoms with Gasteiger partial charge in [0.1, 0.15) is 5.71 Å². The number of nitrogens with one attached hydrogen (secondary N) is 3. The maximum atomic E-state index is 11.3. The van der Waals surface area contributed by atoms with Crippen LogP contribution in [0.1, 0.15) is 6.92 Å².